The molecule has 3 rings (SSSR count). The quantitative estimate of drug-likeness (QED) is 0.463. The van der Waals surface area contributed by atoms with Crippen LogP contribution in [0.3, 0.4) is 0 Å². The molecule has 2 aromatic carbocycles. The highest BCUT2D eigenvalue weighted by Crippen LogP contribution is 2.32. The molecular formula is C19H17BrN4O3. The zero-order valence-electron chi connectivity index (χ0n) is 14.7. The maximum atomic E-state index is 12.2. The summed E-state index contributed by atoms with van der Waals surface area (Å²) in [4.78, 5) is 12.2. The van der Waals surface area contributed by atoms with Crippen LogP contribution in [-0.2, 0) is 0 Å². The van der Waals surface area contributed by atoms with Crippen molar-refractivity contribution in [1.29, 1.82) is 0 Å². The molecule has 0 aliphatic heterocycles. The van der Waals surface area contributed by atoms with Crippen molar-refractivity contribution in [2.45, 2.75) is 0 Å². The number of amides is 1. The number of aromatic nitrogens is 2. The number of nitrogens with zero attached hydrogens (tertiary/aromatic N) is 2. The highest BCUT2D eigenvalue weighted by Gasteiger charge is 2.14. The minimum absolute atomic E-state index is 0.288. The second-order valence-electron chi connectivity index (χ2n) is 5.48. The van der Waals surface area contributed by atoms with Crippen molar-refractivity contribution >= 4 is 28.1 Å². The molecule has 0 radical (unpaired) electrons. The molecule has 0 aliphatic carbocycles. The molecule has 0 fully saturated rings. The Morgan fingerprint density at radius 2 is 1.93 bits per heavy atom. The largest absolute Gasteiger partial charge is 0.497 e. The molecule has 0 saturated heterocycles. The lowest BCUT2D eigenvalue weighted by Crippen LogP contribution is -2.17. The summed E-state index contributed by atoms with van der Waals surface area (Å²) in [5, 5.41) is 10.9. The van der Waals surface area contributed by atoms with E-state index in [9.17, 15) is 4.79 Å². The molecule has 138 valence electrons. The van der Waals surface area contributed by atoms with Crippen molar-refractivity contribution < 1.29 is 14.3 Å². The predicted molar refractivity (Wildman–Crippen MR) is 106 cm³/mol. The Kier molecular flexibility index (Phi) is 5.87. The fraction of sp³-hybridized carbons (Fsp3) is 0.105. The standard InChI is InChI=1S/C19H17BrN4O3/c1-26-14-7-8-15(18(9-14)27-2)16-10-17(23-22-16)19(25)24-21-11-12-3-5-13(20)6-4-12/h3-11H,1-2H3,(H,22,23)(H,24,25). The highest BCUT2D eigenvalue weighted by molar-refractivity contribution is 9.10. The molecule has 2 N–H and O–H groups in total. The van der Waals surface area contributed by atoms with Crippen LogP contribution in [0.5, 0.6) is 11.5 Å². The van der Waals surface area contributed by atoms with E-state index in [4.69, 9.17) is 9.47 Å². The Hall–Kier alpha value is -3.13. The summed E-state index contributed by atoms with van der Waals surface area (Å²) >= 11 is 3.37. The number of nitrogens with one attached hydrogen (secondary N) is 2. The molecule has 1 heterocycles. The van der Waals surface area contributed by atoms with E-state index in [1.165, 1.54) is 0 Å². The van der Waals surface area contributed by atoms with Crippen molar-refractivity contribution in [3.63, 3.8) is 0 Å². The Balaban J connectivity index is 1.71. The van der Waals surface area contributed by atoms with Crippen molar-refractivity contribution in [3.05, 3.63) is 64.3 Å². The van der Waals surface area contributed by atoms with Gasteiger partial charge in [0.2, 0.25) is 0 Å². The molecule has 0 spiro atoms. The first-order chi connectivity index (χ1) is 13.1. The molecule has 1 aromatic heterocycles. The van der Waals surface area contributed by atoms with Crippen LogP contribution in [0.2, 0.25) is 0 Å². The van der Waals surface area contributed by atoms with E-state index in [1.54, 1.807) is 38.6 Å². The molecule has 3 aromatic rings. The van der Waals surface area contributed by atoms with Crippen LogP contribution in [0.1, 0.15) is 16.1 Å². The van der Waals surface area contributed by atoms with Gasteiger partial charge in [0.05, 0.1) is 26.1 Å². The zero-order chi connectivity index (χ0) is 19.2. The van der Waals surface area contributed by atoms with Crippen molar-refractivity contribution in [1.82, 2.24) is 15.6 Å². The number of carbonyl (C=O) groups is 1. The van der Waals surface area contributed by atoms with Crippen LogP contribution in [-0.4, -0.2) is 36.5 Å². The number of aromatic amines is 1. The maximum Gasteiger partial charge on any atom is 0.289 e. The second kappa shape index (κ2) is 8.50. The first-order valence-corrected chi connectivity index (χ1v) is 8.77. The van der Waals surface area contributed by atoms with Gasteiger partial charge in [-0.15, -0.1) is 0 Å². The summed E-state index contributed by atoms with van der Waals surface area (Å²) in [5.41, 5.74) is 4.95. The minimum Gasteiger partial charge on any atom is -0.497 e. The number of hydrazone groups is 1. The molecule has 0 unspecified atom stereocenters. The monoisotopic (exact) mass is 428 g/mol. The summed E-state index contributed by atoms with van der Waals surface area (Å²) in [5.74, 6) is 0.877. The number of rotatable bonds is 6. The van der Waals surface area contributed by atoms with Gasteiger partial charge in [-0.2, -0.15) is 10.2 Å². The molecule has 7 nitrogen and oxygen atoms in total. The van der Waals surface area contributed by atoms with Gasteiger partial charge in [-0.3, -0.25) is 9.89 Å². The van der Waals surface area contributed by atoms with Crippen LogP contribution < -0.4 is 14.9 Å². The number of benzene rings is 2. The van der Waals surface area contributed by atoms with E-state index in [0.29, 0.717) is 17.2 Å². The van der Waals surface area contributed by atoms with Gasteiger partial charge in [-0.05, 0) is 35.9 Å². The van der Waals surface area contributed by atoms with Gasteiger partial charge in [0.15, 0.2) is 0 Å². The van der Waals surface area contributed by atoms with Gasteiger partial charge in [-0.25, -0.2) is 5.43 Å². The van der Waals surface area contributed by atoms with E-state index in [1.807, 2.05) is 30.3 Å². The average Bonchev–Trinajstić information content (AvgIpc) is 3.19. The van der Waals surface area contributed by atoms with Gasteiger partial charge in [0.25, 0.3) is 5.91 Å². The average molecular weight is 429 g/mol. The number of H-pyrrole nitrogens is 1. The lowest BCUT2D eigenvalue weighted by atomic mass is 10.1. The molecule has 0 bridgehead atoms. The van der Waals surface area contributed by atoms with E-state index < -0.39 is 5.91 Å². The van der Waals surface area contributed by atoms with Crippen LogP contribution in [0.4, 0.5) is 0 Å². The van der Waals surface area contributed by atoms with Crippen LogP contribution in [0.15, 0.2) is 58.1 Å². The van der Waals surface area contributed by atoms with E-state index in [2.05, 4.69) is 36.7 Å². The molecule has 0 atom stereocenters. The fourth-order valence-corrected chi connectivity index (χ4v) is 2.62. The predicted octanol–water partition coefficient (Wildman–Crippen LogP) is 3.62. The third-order valence-corrected chi connectivity index (χ3v) is 4.29. The topological polar surface area (TPSA) is 88.6 Å². The molecular weight excluding hydrogens is 412 g/mol. The lowest BCUT2D eigenvalue weighted by Gasteiger charge is -2.08. The van der Waals surface area contributed by atoms with Crippen LogP contribution >= 0.6 is 15.9 Å². The van der Waals surface area contributed by atoms with Gasteiger partial charge < -0.3 is 9.47 Å². The minimum atomic E-state index is -0.394. The summed E-state index contributed by atoms with van der Waals surface area (Å²) in [7, 11) is 3.15. The summed E-state index contributed by atoms with van der Waals surface area (Å²) < 4.78 is 11.5. The van der Waals surface area contributed by atoms with Gasteiger partial charge in [0, 0.05) is 16.1 Å². The Bertz CT molecular complexity index is 967. The summed E-state index contributed by atoms with van der Waals surface area (Å²) in [6.45, 7) is 0. The summed E-state index contributed by atoms with van der Waals surface area (Å²) in [6.07, 6.45) is 1.56. The lowest BCUT2D eigenvalue weighted by molar-refractivity contribution is 0.0950. The second-order valence-corrected chi connectivity index (χ2v) is 6.40. The van der Waals surface area contributed by atoms with E-state index >= 15 is 0 Å². The van der Waals surface area contributed by atoms with Crippen molar-refractivity contribution in [2.75, 3.05) is 14.2 Å². The Morgan fingerprint density at radius 1 is 1.15 bits per heavy atom. The first-order valence-electron chi connectivity index (χ1n) is 7.97. The first kappa shape index (κ1) is 18.7. The fourth-order valence-electron chi connectivity index (χ4n) is 2.36. The van der Waals surface area contributed by atoms with E-state index in [-0.39, 0.29) is 5.69 Å². The number of hydrogen-bond donors (Lipinski definition) is 2. The Morgan fingerprint density at radius 3 is 2.63 bits per heavy atom. The molecule has 0 aliphatic rings. The SMILES string of the molecule is COc1ccc(-c2cc(C(=O)NN=Cc3ccc(Br)cc3)[nH]n2)c(OC)c1. The molecule has 1 amide bonds. The van der Waals surface area contributed by atoms with Crippen LogP contribution in [0, 0.1) is 0 Å². The van der Waals surface area contributed by atoms with E-state index in [0.717, 1.165) is 15.6 Å². The maximum absolute atomic E-state index is 12.2. The van der Waals surface area contributed by atoms with Gasteiger partial charge in [-0.1, -0.05) is 28.1 Å². The van der Waals surface area contributed by atoms with Gasteiger partial charge >= 0.3 is 0 Å². The third-order valence-electron chi connectivity index (χ3n) is 3.76. The smallest absolute Gasteiger partial charge is 0.289 e. The van der Waals surface area contributed by atoms with Crippen molar-refractivity contribution in [3.8, 4) is 22.8 Å². The number of carbonyl (C=O) groups excluding carboxylic acids is 1. The molecule has 0 saturated carbocycles. The van der Waals surface area contributed by atoms with Crippen molar-refractivity contribution in [2.24, 2.45) is 5.10 Å². The summed E-state index contributed by atoms with van der Waals surface area (Å²) in [6, 6.07) is 14.6. The number of hydrogen-bond acceptors (Lipinski definition) is 5. The Labute approximate surface area is 164 Å². The third kappa shape index (κ3) is 4.53. The molecule has 8 heteroatoms. The number of methoxy groups -OCH3 is 2. The zero-order valence-corrected chi connectivity index (χ0v) is 16.3. The highest BCUT2D eigenvalue weighted by atomic mass is 79.9. The van der Waals surface area contributed by atoms with Gasteiger partial charge in [0.1, 0.15) is 17.2 Å². The van der Waals surface area contributed by atoms with Crippen LogP contribution in [0.25, 0.3) is 11.3 Å². The number of ether oxygens (including phenoxy) is 2. The number of halogens is 1. The molecule has 27 heavy (non-hydrogen) atoms. The normalized spacial score (nSPS) is 10.8.